The predicted molar refractivity (Wildman–Crippen MR) is 146 cm³/mol. The van der Waals surface area contributed by atoms with E-state index >= 15 is 4.39 Å². The first kappa shape index (κ1) is 25.2. The normalized spacial score (nSPS) is 17.6. The lowest BCUT2D eigenvalue weighted by Gasteiger charge is -2.33. The summed E-state index contributed by atoms with van der Waals surface area (Å²) in [7, 11) is 0. The summed E-state index contributed by atoms with van der Waals surface area (Å²) in [5.41, 5.74) is 3.39. The minimum absolute atomic E-state index is 0.00800. The van der Waals surface area contributed by atoms with Crippen LogP contribution in [0.5, 0.6) is 0 Å². The fourth-order valence-electron chi connectivity index (χ4n) is 5.78. The molecule has 0 saturated carbocycles. The Balaban J connectivity index is 1.25. The number of halogens is 2. The van der Waals surface area contributed by atoms with Gasteiger partial charge >= 0.3 is 0 Å². The third-order valence-electron chi connectivity index (χ3n) is 7.64. The molecule has 6 rings (SSSR count). The molecular formula is C29H30F2N8. The molecule has 1 fully saturated rings. The van der Waals surface area contributed by atoms with Crippen molar-refractivity contribution in [1.29, 1.82) is 0 Å². The molecule has 3 aromatic heterocycles. The van der Waals surface area contributed by atoms with Gasteiger partial charge in [-0.15, -0.1) is 0 Å². The number of fused-ring (bicyclic) bond motifs is 2. The summed E-state index contributed by atoms with van der Waals surface area (Å²) in [5, 5.41) is 3.10. The van der Waals surface area contributed by atoms with Crippen LogP contribution < -0.4 is 5.32 Å². The topological polar surface area (TPSA) is 75.0 Å². The van der Waals surface area contributed by atoms with Crippen molar-refractivity contribution in [2.45, 2.75) is 52.2 Å². The molecule has 0 bridgehead atoms. The molecule has 0 spiro atoms. The van der Waals surface area contributed by atoms with E-state index in [9.17, 15) is 4.39 Å². The van der Waals surface area contributed by atoms with Gasteiger partial charge in [0.15, 0.2) is 11.6 Å². The van der Waals surface area contributed by atoms with Gasteiger partial charge in [0.1, 0.15) is 22.9 Å². The first-order valence-corrected chi connectivity index (χ1v) is 13.2. The number of pyridine rings is 1. The van der Waals surface area contributed by atoms with Crippen molar-refractivity contribution in [2.75, 3.05) is 25.0 Å². The van der Waals surface area contributed by atoms with Crippen molar-refractivity contribution < 1.29 is 8.78 Å². The van der Waals surface area contributed by atoms with Crippen molar-refractivity contribution in [3.63, 3.8) is 0 Å². The summed E-state index contributed by atoms with van der Waals surface area (Å²) in [4.78, 5) is 22.2. The lowest BCUT2D eigenvalue weighted by molar-refractivity contribution is 0.182. The maximum absolute atomic E-state index is 15.0. The number of hydrogen-bond donors (Lipinski definition) is 1. The molecular weight excluding hydrogens is 498 g/mol. The van der Waals surface area contributed by atoms with Crippen molar-refractivity contribution in [3.8, 4) is 23.7 Å². The Labute approximate surface area is 226 Å². The van der Waals surface area contributed by atoms with Gasteiger partial charge in [-0.25, -0.2) is 28.7 Å². The average molecular weight is 529 g/mol. The smallest absolute Gasteiger partial charge is 0.229 e. The Morgan fingerprint density at radius 3 is 2.72 bits per heavy atom. The van der Waals surface area contributed by atoms with Crippen LogP contribution in [0.3, 0.4) is 0 Å². The second kappa shape index (κ2) is 9.89. The van der Waals surface area contributed by atoms with E-state index in [1.165, 1.54) is 11.6 Å². The zero-order valence-electron chi connectivity index (χ0n) is 22.2. The van der Waals surface area contributed by atoms with Gasteiger partial charge in [-0.3, -0.25) is 4.90 Å². The summed E-state index contributed by atoms with van der Waals surface area (Å²) in [6.07, 6.45) is 8.57. The van der Waals surface area contributed by atoms with Crippen LogP contribution in [0.1, 0.15) is 43.4 Å². The summed E-state index contributed by atoms with van der Waals surface area (Å²) in [6.45, 7) is 9.42. The molecule has 39 heavy (non-hydrogen) atoms. The monoisotopic (exact) mass is 528 g/mol. The molecule has 2 aliphatic rings. The van der Waals surface area contributed by atoms with E-state index in [1.807, 2.05) is 36.3 Å². The number of likely N-dealkylation sites (tertiary alicyclic amines) is 1. The molecule has 8 nitrogen and oxygen atoms in total. The first-order valence-electron chi connectivity index (χ1n) is 13.2. The Morgan fingerprint density at radius 1 is 1.10 bits per heavy atom. The minimum Gasteiger partial charge on any atom is -0.331 e. The number of aryl methyl sites for hydroxylation is 1. The maximum atomic E-state index is 15.0. The summed E-state index contributed by atoms with van der Waals surface area (Å²) >= 11 is 0. The fourth-order valence-corrected chi connectivity index (χ4v) is 5.78. The number of aromatic nitrogens is 5. The van der Waals surface area contributed by atoms with Crippen LogP contribution in [0, 0.1) is 31.0 Å². The molecule has 0 amide bonds. The quantitative estimate of drug-likeness (QED) is 0.372. The predicted octanol–water partition coefficient (Wildman–Crippen LogP) is 4.82. The lowest BCUT2D eigenvalue weighted by Crippen LogP contribution is -2.40. The fraction of sp³-hybridized carbons (Fsp3) is 0.379. The van der Waals surface area contributed by atoms with Crippen LogP contribution in [0.25, 0.3) is 22.3 Å². The lowest BCUT2D eigenvalue weighted by atomic mass is 10.0. The van der Waals surface area contributed by atoms with Gasteiger partial charge in [-0.1, -0.05) is 12.5 Å². The number of nitrogens with one attached hydrogen (secondary N) is 1. The third kappa shape index (κ3) is 4.68. The highest BCUT2D eigenvalue weighted by Crippen LogP contribution is 2.31. The second-order valence-corrected chi connectivity index (χ2v) is 10.5. The number of benzene rings is 1. The average Bonchev–Trinajstić information content (AvgIpc) is 3.54. The molecule has 10 heteroatoms. The molecule has 0 aliphatic carbocycles. The van der Waals surface area contributed by atoms with Crippen molar-refractivity contribution in [3.05, 3.63) is 59.2 Å². The van der Waals surface area contributed by atoms with Crippen LogP contribution in [0.2, 0.25) is 0 Å². The molecule has 1 unspecified atom stereocenters. The Bertz CT molecular complexity index is 1610. The van der Waals surface area contributed by atoms with Crippen LogP contribution in [0.15, 0.2) is 30.5 Å². The molecule has 200 valence electrons. The Morgan fingerprint density at radius 2 is 1.95 bits per heavy atom. The van der Waals surface area contributed by atoms with Crippen molar-refractivity contribution in [2.24, 2.45) is 0 Å². The molecule has 1 atom stereocenters. The summed E-state index contributed by atoms with van der Waals surface area (Å²) in [6, 6.07) is 10.2. The highest BCUT2D eigenvalue weighted by molar-refractivity contribution is 5.83. The minimum atomic E-state index is -0.638. The number of nitrogens with zero attached hydrogens (tertiary/aromatic N) is 7. The van der Waals surface area contributed by atoms with Gasteiger partial charge in [-0.05, 0) is 51.0 Å². The van der Waals surface area contributed by atoms with Crippen LogP contribution >= 0.6 is 0 Å². The van der Waals surface area contributed by atoms with Crippen molar-refractivity contribution >= 4 is 22.8 Å². The zero-order chi connectivity index (χ0) is 27.3. The van der Waals surface area contributed by atoms with Crippen LogP contribution in [0.4, 0.5) is 20.5 Å². The maximum Gasteiger partial charge on any atom is 0.229 e. The Kier molecular flexibility index (Phi) is 6.39. The number of rotatable bonds is 5. The van der Waals surface area contributed by atoms with Gasteiger partial charge in [0, 0.05) is 62.0 Å². The van der Waals surface area contributed by atoms with E-state index in [4.69, 9.17) is 11.4 Å². The standard InChI is InChI=1S/C29H30F2N8/c1-5-37-10-8-21(16-37)38-11-9-24-19(15-38)6-7-26(34-24)35-29-32-14-23(31)27(36-29)20-12-22(30)28-25(13-20)39(17(2)3)18(4)33-28/h1,6-7,12-14,17,21H,8-11,15-16H2,2-4H3,(H,32,34,35,36). The second-order valence-electron chi connectivity index (χ2n) is 10.5. The zero-order valence-corrected chi connectivity index (χ0v) is 22.2. The summed E-state index contributed by atoms with van der Waals surface area (Å²) < 4.78 is 31.8. The molecule has 1 saturated heterocycles. The molecule has 1 N–H and O–H groups in total. The van der Waals surface area contributed by atoms with E-state index < -0.39 is 11.6 Å². The highest BCUT2D eigenvalue weighted by atomic mass is 19.1. The molecule has 4 aromatic rings. The highest BCUT2D eigenvalue weighted by Gasteiger charge is 2.29. The first-order chi connectivity index (χ1) is 18.8. The number of terminal acetylenes is 1. The number of anilines is 2. The van der Waals surface area contributed by atoms with E-state index in [1.54, 1.807) is 6.07 Å². The molecule has 5 heterocycles. The summed E-state index contributed by atoms with van der Waals surface area (Å²) in [5.74, 6) is 0.300. The SMILES string of the molecule is C#CN1CCC(N2CCc3nc(Nc4ncc(F)c(-c5cc(F)c6nc(C)n(C(C)C)c6c5)n4)ccc3C2)C1. The van der Waals surface area contributed by atoms with Crippen LogP contribution in [-0.2, 0) is 13.0 Å². The van der Waals surface area contributed by atoms with Gasteiger partial charge in [0.25, 0.3) is 0 Å². The van der Waals surface area contributed by atoms with Crippen LogP contribution in [-0.4, -0.2) is 60.0 Å². The van der Waals surface area contributed by atoms with Gasteiger partial charge in [0.05, 0.1) is 11.7 Å². The van der Waals surface area contributed by atoms with Gasteiger partial charge in [0.2, 0.25) is 5.95 Å². The van der Waals surface area contributed by atoms with Gasteiger partial charge < -0.3 is 14.8 Å². The molecule has 2 aliphatic heterocycles. The van der Waals surface area contributed by atoms with Crippen molar-refractivity contribution in [1.82, 2.24) is 34.3 Å². The van der Waals surface area contributed by atoms with Gasteiger partial charge in [-0.2, -0.15) is 0 Å². The van der Waals surface area contributed by atoms with E-state index in [0.29, 0.717) is 28.8 Å². The Hall–Kier alpha value is -4.10. The van der Waals surface area contributed by atoms with E-state index in [-0.39, 0.29) is 23.2 Å². The molecule has 1 aromatic carbocycles. The largest absolute Gasteiger partial charge is 0.331 e. The van der Waals surface area contributed by atoms with E-state index in [0.717, 1.165) is 50.9 Å². The third-order valence-corrected chi connectivity index (χ3v) is 7.64. The number of hydrogen-bond acceptors (Lipinski definition) is 7. The molecule has 0 radical (unpaired) electrons. The van der Waals surface area contributed by atoms with E-state index in [2.05, 4.69) is 37.3 Å². The number of imidazole rings is 1.